The molecule has 2 heterocycles. The first-order valence-electron chi connectivity index (χ1n) is 8.80. The molecule has 0 bridgehead atoms. The highest BCUT2D eigenvalue weighted by Crippen LogP contribution is 2.21. The average molecular weight is 351 g/mol. The van der Waals surface area contributed by atoms with Crippen LogP contribution in [-0.4, -0.2) is 42.0 Å². The number of aromatic nitrogens is 1. The van der Waals surface area contributed by atoms with E-state index in [1.54, 1.807) is 6.07 Å². The lowest BCUT2D eigenvalue weighted by Gasteiger charge is -2.36. The summed E-state index contributed by atoms with van der Waals surface area (Å²) in [6.07, 6.45) is 0.447. The summed E-state index contributed by atoms with van der Waals surface area (Å²) in [5.41, 5.74) is 4.54. The van der Waals surface area contributed by atoms with Crippen molar-refractivity contribution >= 4 is 22.7 Å². The first-order chi connectivity index (χ1) is 12.6. The van der Waals surface area contributed by atoms with E-state index in [0.717, 1.165) is 24.3 Å². The molecule has 1 N–H and O–H groups in total. The molecule has 1 fully saturated rings. The highest BCUT2D eigenvalue weighted by Gasteiger charge is 2.21. The number of aromatic amines is 1. The third kappa shape index (κ3) is 3.35. The summed E-state index contributed by atoms with van der Waals surface area (Å²) in [7, 11) is 0. The van der Waals surface area contributed by atoms with E-state index in [2.05, 4.69) is 9.88 Å². The lowest BCUT2D eigenvalue weighted by Crippen LogP contribution is -2.49. The Kier molecular flexibility index (Phi) is 4.24. The molecular weight excluding hydrogens is 330 g/mol. The van der Waals surface area contributed by atoms with Crippen molar-refractivity contribution in [2.75, 3.05) is 31.1 Å². The molecule has 134 valence electrons. The van der Waals surface area contributed by atoms with E-state index in [9.17, 15) is 9.59 Å². The van der Waals surface area contributed by atoms with E-state index >= 15 is 0 Å². The monoisotopic (exact) mass is 351 g/mol. The number of anilines is 1. The van der Waals surface area contributed by atoms with Crippen molar-refractivity contribution < 1.29 is 9.21 Å². The maximum absolute atomic E-state index is 12.5. The minimum Gasteiger partial charge on any atom is -0.408 e. The highest BCUT2D eigenvalue weighted by atomic mass is 16.4. The van der Waals surface area contributed by atoms with Gasteiger partial charge in [0.05, 0.1) is 11.9 Å². The Bertz CT molecular complexity index is 979. The van der Waals surface area contributed by atoms with Gasteiger partial charge < -0.3 is 14.2 Å². The number of carbonyl (C=O) groups is 1. The van der Waals surface area contributed by atoms with Gasteiger partial charge in [-0.15, -0.1) is 0 Å². The van der Waals surface area contributed by atoms with Gasteiger partial charge in [0.2, 0.25) is 5.91 Å². The van der Waals surface area contributed by atoms with Crippen LogP contribution in [0.25, 0.3) is 11.1 Å². The molecule has 0 aliphatic carbocycles. The molecule has 0 atom stereocenters. The van der Waals surface area contributed by atoms with Crippen LogP contribution in [0.2, 0.25) is 0 Å². The number of nitrogens with zero attached hydrogens (tertiary/aromatic N) is 2. The summed E-state index contributed by atoms with van der Waals surface area (Å²) in [6, 6.07) is 13.8. The topological polar surface area (TPSA) is 69.6 Å². The second-order valence-electron chi connectivity index (χ2n) is 6.73. The van der Waals surface area contributed by atoms with Crippen molar-refractivity contribution in [3.05, 3.63) is 64.1 Å². The summed E-state index contributed by atoms with van der Waals surface area (Å²) in [5, 5.41) is 0. The molecule has 6 heteroatoms. The minimum atomic E-state index is -0.441. The van der Waals surface area contributed by atoms with Crippen LogP contribution < -0.4 is 10.7 Å². The summed E-state index contributed by atoms with van der Waals surface area (Å²) in [5.74, 6) is -0.271. The third-order valence-corrected chi connectivity index (χ3v) is 4.88. The van der Waals surface area contributed by atoms with Gasteiger partial charge in [-0.1, -0.05) is 29.8 Å². The molecule has 0 unspecified atom stereocenters. The smallest absolute Gasteiger partial charge is 0.408 e. The molecule has 3 aromatic rings. The van der Waals surface area contributed by atoms with E-state index < -0.39 is 5.76 Å². The van der Waals surface area contributed by atoms with Gasteiger partial charge in [0.25, 0.3) is 0 Å². The SMILES string of the molecule is Cc1ccc(CC(=O)N2CCN(c3ccc4oc(=O)[nH]c4c3)CC2)cc1. The zero-order valence-electron chi connectivity index (χ0n) is 14.7. The Balaban J connectivity index is 1.38. The van der Waals surface area contributed by atoms with Crippen LogP contribution in [0.5, 0.6) is 0 Å². The van der Waals surface area contributed by atoms with Crippen LogP contribution in [0.15, 0.2) is 51.7 Å². The number of rotatable bonds is 3. The lowest BCUT2D eigenvalue weighted by molar-refractivity contribution is -0.130. The number of H-pyrrole nitrogens is 1. The van der Waals surface area contributed by atoms with Gasteiger partial charge in [0.1, 0.15) is 0 Å². The Labute approximate surface area is 151 Å². The number of hydrogen-bond donors (Lipinski definition) is 1. The summed E-state index contributed by atoms with van der Waals surface area (Å²) >= 11 is 0. The first kappa shape index (κ1) is 16.4. The molecule has 2 aromatic carbocycles. The maximum Gasteiger partial charge on any atom is 0.417 e. The van der Waals surface area contributed by atoms with E-state index in [0.29, 0.717) is 30.6 Å². The second kappa shape index (κ2) is 6.71. The highest BCUT2D eigenvalue weighted by molar-refractivity contribution is 5.80. The van der Waals surface area contributed by atoms with Crippen molar-refractivity contribution in [3.8, 4) is 0 Å². The fourth-order valence-corrected chi connectivity index (χ4v) is 3.34. The number of nitrogens with one attached hydrogen (secondary N) is 1. The molecule has 1 aliphatic rings. The fraction of sp³-hybridized carbons (Fsp3) is 0.300. The number of fused-ring (bicyclic) bond motifs is 1. The van der Waals surface area contributed by atoms with E-state index in [-0.39, 0.29) is 5.91 Å². The first-order valence-corrected chi connectivity index (χ1v) is 8.80. The van der Waals surface area contributed by atoms with Gasteiger partial charge in [-0.05, 0) is 30.7 Å². The van der Waals surface area contributed by atoms with Gasteiger partial charge in [-0.2, -0.15) is 0 Å². The van der Waals surface area contributed by atoms with Crippen molar-refractivity contribution in [1.82, 2.24) is 9.88 Å². The molecule has 1 amide bonds. The predicted octanol–water partition coefficient (Wildman–Crippen LogP) is 2.32. The van der Waals surface area contributed by atoms with Crippen LogP contribution in [0.4, 0.5) is 5.69 Å². The molecule has 1 aromatic heterocycles. The van der Waals surface area contributed by atoms with E-state index in [4.69, 9.17) is 4.42 Å². The molecule has 0 radical (unpaired) electrons. The summed E-state index contributed by atoms with van der Waals surface area (Å²) in [6.45, 7) is 4.98. The van der Waals surface area contributed by atoms with E-state index in [1.807, 2.05) is 48.2 Å². The van der Waals surface area contributed by atoms with Gasteiger partial charge >= 0.3 is 5.76 Å². The predicted molar refractivity (Wildman–Crippen MR) is 101 cm³/mol. The largest absolute Gasteiger partial charge is 0.417 e. The molecule has 0 saturated carbocycles. The molecule has 4 rings (SSSR count). The van der Waals surface area contributed by atoms with E-state index in [1.165, 1.54) is 5.56 Å². The lowest BCUT2D eigenvalue weighted by atomic mass is 10.1. The number of amides is 1. The van der Waals surface area contributed by atoms with Crippen LogP contribution in [0, 0.1) is 6.92 Å². The normalized spacial score (nSPS) is 14.8. The van der Waals surface area contributed by atoms with Gasteiger partial charge in [0.15, 0.2) is 5.58 Å². The summed E-state index contributed by atoms with van der Waals surface area (Å²) < 4.78 is 5.04. The molecule has 6 nitrogen and oxygen atoms in total. The average Bonchev–Trinajstić information content (AvgIpc) is 3.03. The number of oxazole rings is 1. The Hall–Kier alpha value is -3.02. The molecule has 26 heavy (non-hydrogen) atoms. The van der Waals surface area contributed by atoms with Gasteiger partial charge in [-0.3, -0.25) is 9.78 Å². The quantitative estimate of drug-likeness (QED) is 0.786. The number of carbonyl (C=O) groups excluding carboxylic acids is 1. The van der Waals surface area contributed by atoms with Crippen molar-refractivity contribution in [3.63, 3.8) is 0 Å². The Morgan fingerprint density at radius 3 is 2.54 bits per heavy atom. The third-order valence-electron chi connectivity index (χ3n) is 4.88. The number of hydrogen-bond acceptors (Lipinski definition) is 4. The van der Waals surface area contributed by atoms with Crippen LogP contribution in [0.1, 0.15) is 11.1 Å². The second-order valence-corrected chi connectivity index (χ2v) is 6.73. The Morgan fingerprint density at radius 2 is 1.81 bits per heavy atom. The van der Waals surface area contributed by atoms with Crippen molar-refractivity contribution in [2.45, 2.75) is 13.3 Å². The van der Waals surface area contributed by atoms with Crippen LogP contribution >= 0.6 is 0 Å². The molecule has 0 spiro atoms. The molecule has 1 aliphatic heterocycles. The fourth-order valence-electron chi connectivity index (χ4n) is 3.34. The van der Waals surface area contributed by atoms with Crippen molar-refractivity contribution in [1.29, 1.82) is 0 Å². The molecular formula is C20H21N3O3. The van der Waals surface area contributed by atoms with Crippen molar-refractivity contribution in [2.24, 2.45) is 0 Å². The number of aryl methyl sites for hydroxylation is 1. The summed E-state index contributed by atoms with van der Waals surface area (Å²) in [4.78, 5) is 30.6. The minimum absolute atomic E-state index is 0.170. The molecule has 1 saturated heterocycles. The van der Waals surface area contributed by atoms with Crippen LogP contribution in [-0.2, 0) is 11.2 Å². The number of piperazine rings is 1. The standard InChI is InChI=1S/C20H21N3O3/c1-14-2-4-15(5-3-14)12-19(24)23-10-8-22(9-11-23)16-6-7-18-17(13-16)21-20(25)26-18/h2-7,13H,8-12H2,1H3,(H,21,25). The zero-order valence-corrected chi connectivity index (χ0v) is 14.7. The van der Waals surface area contributed by atoms with Gasteiger partial charge in [0, 0.05) is 31.9 Å². The van der Waals surface area contributed by atoms with Crippen LogP contribution in [0.3, 0.4) is 0 Å². The Morgan fingerprint density at radius 1 is 1.08 bits per heavy atom. The maximum atomic E-state index is 12.5. The number of benzene rings is 2. The van der Waals surface area contributed by atoms with Gasteiger partial charge in [-0.25, -0.2) is 4.79 Å². The zero-order chi connectivity index (χ0) is 18.1.